The fraction of sp³-hybridized carbons (Fsp3) is 0.846. The summed E-state index contributed by atoms with van der Waals surface area (Å²) in [6.45, 7) is 14.9. The van der Waals surface area contributed by atoms with Crippen LogP contribution in [-0.2, 0) is 19.1 Å². The van der Waals surface area contributed by atoms with Gasteiger partial charge in [-0.1, -0.05) is 0 Å². The van der Waals surface area contributed by atoms with Crippen LogP contribution in [0.25, 0.3) is 0 Å². The largest absolute Gasteiger partial charge is 0.444 e. The highest BCUT2D eigenvalue weighted by Crippen LogP contribution is 2.07. The van der Waals surface area contributed by atoms with Gasteiger partial charge < -0.3 is 39.7 Å². The lowest BCUT2D eigenvalue weighted by atomic mass is 10.2. The number of likely N-dealkylation sites (N-methyl/N-ethyl adjacent to an activating group) is 4. The van der Waals surface area contributed by atoms with E-state index in [4.69, 9.17) is 9.47 Å². The van der Waals surface area contributed by atoms with Gasteiger partial charge in [0.1, 0.15) is 11.2 Å². The number of rotatable bonds is 15. The zero-order valence-corrected chi connectivity index (χ0v) is 25.3. The summed E-state index contributed by atoms with van der Waals surface area (Å²) in [7, 11) is 7.24. The summed E-state index contributed by atoms with van der Waals surface area (Å²) in [5.74, 6) is -0.00922. The molecule has 0 aliphatic heterocycles. The van der Waals surface area contributed by atoms with Gasteiger partial charge in [-0.25, -0.2) is 9.59 Å². The quantitative estimate of drug-likeness (QED) is 0.319. The van der Waals surface area contributed by atoms with Crippen molar-refractivity contribution in [3.63, 3.8) is 0 Å². The van der Waals surface area contributed by atoms with E-state index < -0.39 is 23.4 Å². The molecule has 0 aromatic carbocycles. The Kier molecular flexibility index (Phi) is 15.9. The molecular weight excluding hydrogens is 492 g/mol. The Morgan fingerprint density at radius 3 is 1.16 bits per heavy atom. The Morgan fingerprint density at radius 1 is 0.553 bits per heavy atom. The third-order valence-electron chi connectivity index (χ3n) is 5.36. The lowest BCUT2D eigenvalue weighted by Crippen LogP contribution is -2.40. The SMILES string of the molecule is CN(CCNC(=O)OC(C)(C)C)CCC(=O)N(C)CCN(C)C(=O)CCN(C)CCNC(=O)OC(C)(C)C. The standard InChI is InChI=1S/C26H52N6O6/c1-25(2,3)37-23(35)27-13-17-29(7)15-11-21(33)31(9)19-20-32(10)22(34)12-16-30(8)18-14-28-24(36)38-26(4,5)6/h11-20H2,1-10H3,(H,27,35)(H,28,36). The fourth-order valence-corrected chi connectivity index (χ4v) is 3.05. The average Bonchev–Trinajstić information content (AvgIpc) is 2.76. The minimum atomic E-state index is -0.538. The van der Waals surface area contributed by atoms with Crippen LogP contribution in [0.4, 0.5) is 9.59 Å². The van der Waals surface area contributed by atoms with Crippen molar-refractivity contribution in [3.05, 3.63) is 0 Å². The second-order valence-corrected chi connectivity index (χ2v) is 11.6. The van der Waals surface area contributed by atoms with Gasteiger partial charge in [-0.05, 0) is 55.6 Å². The number of amides is 4. The number of hydrogen-bond donors (Lipinski definition) is 2. The zero-order valence-electron chi connectivity index (χ0n) is 25.3. The first-order valence-electron chi connectivity index (χ1n) is 13.2. The summed E-state index contributed by atoms with van der Waals surface area (Å²) in [6.07, 6.45) is -0.220. The van der Waals surface area contributed by atoms with Crippen molar-refractivity contribution >= 4 is 24.0 Å². The van der Waals surface area contributed by atoms with Crippen LogP contribution in [0, 0.1) is 0 Å². The molecule has 0 saturated carbocycles. The van der Waals surface area contributed by atoms with Crippen molar-refractivity contribution in [3.8, 4) is 0 Å². The molecule has 0 radical (unpaired) electrons. The maximum Gasteiger partial charge on any atom is 0.407 e. The Morgan fingerprint density at radius 2 is 0.868 bits per heavy atom. The molecule has 12 nitrogen and oxygen atoms in total. The van der Waals surface area contributed by atoms with Gasteiger partial charge in [0.05, 0.1) is 0 Å². The number of alkyl carbamates (subject to hydrolysis) is 2. The molecule has 0 unspecified atom stereocenters. The molecular formula is C26H52N6O6. The van der Waals surface area contributed by atoms with E-state index in [1.54, 1.807) is 23.9 Å². The second-order valence-electron chi connectivity index (χ2n) is 11.6. The number of carbonyl (C=O) groups excluding carboxylic acids is 4. The first kappa shape index (κ1) is 35.4. The summed E-state index contributed by atoms with van der Waals surface area (Å²) in [6, 6.07) is 0. The molecule has 0 bridgehead atoms. The molecule has 0 aliphatic rings. The molecule has 0 rings (SSSR count). The number of nitrogens with one attached hydrogen (secondary N) is 2. The predicted molar refractivity (Wildman–Crippen MR) is 148 cm³/mol. The lowest BCUT2D eigenvalue weighted by molar-refractivity contribution is -0.133. The predicted octanol–water partition coefficient (Wildman–Crippen LogP) is 1.60. The number of ether oxygens (including phenoxy) is 2. The second kappa shape index (κ2) is 17.1. The fourth-order valence-electron chi connectivity index (χ4n) is 3.05. The van der Waals surface area contributed by atoms with Crippen LogP contribution in [0.1, 0.15) is 54.4 Å². The first-order valence-corrected chi connectivity index (χ1v) is 13.2. The van der Waals surface area contributed by atoms with Crippen molar-refractivity contribution in [1.82, 2.24) is 30.2 Å². The summed E-state index contributed by atoms with van der Waals surface area (Å²) in [4.78, 5) is 55.5. The van der Waals surface area contributed by atoms with Crippen LogP contribution in [0.3, 0.4) is 0 Å². The van der Waals surface area contributed by atoms with E-state index in [2.05, 4.69) is 10.6 Å². The monoisotopic (exact) mass is 544 g/mol. The molecule has 0 saturated heterocycles. The van der Waals surface area contributed by atoms with Gasteiger partial charge in [-0.15, -0.1) is 0 Å². The van der Waals surface area contributed by atoms with Gasteiger partial charge in [0, 0.05) is 79.3 Å². The van der Waals surface area contributed by atoms with Crippen molar-refractivity contribution in [1.29, 1.82) is 0 Å². The Balaban J connectivity index is 4.10. The van der Waals surface area contributed by atoms with E-state index in [1.807, 2.05) is 65.4 Å². The number of carbonyl (C=O) groups is 4. The third-order valence-corrected chi connectivity index (χ3v) is 5.36. The molecule has 12 heteroatoms. The molecule has 0 aliphatic carbocycles. The van der Waals surface area contributed by atoms with Gasteiger partial charge >= 0.3 is 12.2 Å². The highest BCUT2D eigenvalue weighted by molar-refractivity contribution is 5.77. The van der Waals surface area contributed by atoms with E-state index in [9.17, 15) is 19.2 Å². The summed E-state index contributed by atoms with van der Waals surface area (Å²) in [5.41, 5.74) is -1.08. The van der Waals surface area contributed by atoms with Crippen LogP contribution in [-0.4, -0.2) is 135 Å². The lowest BCUT2D eigenvalue weighted by Gasteiger charge is -2.25. The first-order chi connectivity index (χ1) is 17.4. The Bertz CT molecular complexity index is 687. The van der Waals surface area contributed by atoms with Crippen molar-refractivity contribution in [2.75, 3.05) is 80.5 Å². The number of hydrogen-bond acceptors (Lipinski definition) is 8. The Labute approximate surface area is 229 Å². The van der Waals surface area contributed by atoms with E-state index in [0.717, 1.165) is 0 Å². The molecule has 0 fully saturated rings. The molecule has 0 spiro atoms. The maximum atomic E-state index is 12.5. The van der Waals surface area contributed by atoms with Gasteiger partial charge in [-0.2, -0.15) is 0 Å². The smallest absolute Gasteiger partial charge is 0.407 e. The molecule has 4 amide bonds. The summed E-state index contributed by atoms with van der Waals surface area (Å²) < 4.78 is 10.4. The zero-order chi connectivity index (χ0) is 29.5. The summed E-state index contributed by atoms with van der Waals surface area (Å²) in [5, 5.41) is 5.40. The molecule has 0 atom stereocenters. The van der Waals surface area contributed by atoms with Crippen molar-refractivity contribution in [2.24, 2.45) is 0 Å². The topological polar surface area (TPSA) is 124 Å². The molecule has 222 valence electrons. The van der Waals surface area contributed by atoms with Crippen molar-refractivity contribution < 1.29 is 28.7 Å². The summed E-state index contributed by atoms with van der Waals surface area (Å²) >= 11 is 0. The molecule has 2 N–H and O–H groups in total. The maximum absolute atomic E-state index is 12.5. The molecule has 38 heavy (non-hydrogen) atoms. The third kappa shape index (κ3) is 19.5. The normalized spacial score (nSPS) is 11.8. The van der Waals surface area contributed by atoms with Crippen LogP contribution < -0.4 is 10.6 Å². The Hall–Kier alpha value is -2.60. The van der Waals surface area contributed by atoms with Gasteiger partial charge in [0.2, 0.25) is 11.8 Å². The van der Waals surface area contributed by atoms with Gasteiger partial charge in [-0.3, -0.25) is 9.59 Å². The number of nitrogens with zero attached hydrogens (tertiary/aromatic N) is 4. The van der Waals surface area contributed by atoms with Crippen LogP contribution in [0.2, 0.25) is 0 Å². The van der Waals surface area contributed by atoms with Crippen LogP contribution in [0.15, 0.2) is 0 Å². The van der Waals surface area contributed by atoms with Crippen molar-refractivity contribution in [2.45, 2.75) is 65.6 Å². The van der Waals surface area contributed by atoms with E-state index >= 15 is 0 Å². The minimum absolute atomic E-state index is 0.00461. The highest BCUT2D eigenvalue weighted by atomic mass is 16.6. The van der Waals surface area contributed by atoms with Crippen LogP contribution in [0.5, 0.6) is 0 Å². The highest BCUT2D eigenvalue weighted by Gasteiger charge is 2.18. The van der Waals surface area contributed by atoms with E-state index in [0.29, 0.717) is 65.2 Å². The molecule has 0 aromatic rings. The molecule has 0 aromatic heterocycles. The molecule has 0 heterocycles. The average molecular weight is 545 g/mol. The van der Waals surface area contributed by atoms with Gasteiger partial charge in [0.15, 0.2) is 0 Å². The van der Waals surface area contributed by atoms with E-state index in [1.165, 1.54) is 0 Å². The van der Waals surface area contributed by atoms with Gasteiger partial charge in [0.25, 0.3) is 0 Å². The minimum Gasteiger partial charge on any atom is -0.444 e. The van der Waals surface area contributed by atoms with E-state index in [-0.39, 0.29) is 11.8 Å². The van der Waals surface area contributed by atoms with Crippen LogP contribution >= 0.6 is 0 Å².